The minimum absolute atomic E-state index is 0.161. The molecule has 1 heterocycles. The van der Waals surface area contributed by atoms with Crippen LogP contribution in [0.4, 0.5) is 0 Å². The van der Waals surface area contributed by atoms with Crippen LogP contribution in [0.1, 0.15) is 30.6 Å². The Kier molecular flexibility index (Phi) is 4.88. The standard InChI is InChI=1S/C19H20O6/c1-3-23-18(21)12-9-10-14-16(15(12)19(22)24-4-2)17(20)11-7-5-6-8-13(11)25-14/h5-9,14-16H,3-4,10H2,1-2H3/t14-,15-,16+/m1/s1. The van der Waals surface area contributed by atoms with Gasteiger partial charge in [0.05, 0.1) is 24.7 Å². The van der Waals surface area contributed by atoms with Crippen molar-refractivity contribution < 1.29 is 28.6 Å². The molecule has 1 aliphatic heterocycles. The third-order valence-corrected chi connectivity index (χ3v) is 4.45. The van der Waals surface area contributed by atoms with Gasteiger partial charge in [0, 0.05) is 12.0 Å². The number of ketones is 1. The van der Waals surface area contributed by atoms with Gasteiger partial charge in [-0.25, -0.2) is 4.79 Å². The van der Waals surface area contributed by atoms with Gasteiger partial charge in [-0.1, -0.05) is 18.2 Å². The molecule has 0 radical (unpaired) electrons. The third-order valence-electron chi connectivity index (χ3n) is 4.45. The van der Waals surface area contributed by atoms with E-state index < -0.39 is 29.9 Å². The summed E-state index contributed by atoms with van der Waals surface area (Å²) in [6.45, 7) is 3.72. The van der Waals surface area contributed by atoms with Gasteiger partial charge in [0.2, 0.25) is 0 Å². The van der Waals surface area contributed by atoms with Gasteiger partial charge in [-0.2, -0.15) is 0 Å². The molecular formula is C19H20O6. The molecule has 0 unspecified atom stereocenters. The minimum atomic E-state index is -1.02. The lowest BCUT2D eigenvalue weighted by Gasteiger charge is -2.38. The fourth-order valence-corrected chi connectivity index (χ4v) is 3.41. The van der Waals surface area contributed by atoms with Crippen molar-refractivity contribution in [2.45, 2.75) is 26.4 Å². The second-order valence-electron chi connectivity index (χ2n) is 5.89. The molecule has 0 bridgehead atoms. The number of hydrogen-bond acceptors (Lipinski definition) is 6. The van der Waals surface area contributed by atoms with Crippen LogP contribution in [-0.2, 0) is 19.1 Å². The number of rotatable bonds is 4. The average molecular weight is 344 g/mol. The summed E-state index contributed by atoms with van der Waals surface area (Å²) < 4.78 is 16.1. The van der Waals surface area contributed by atoms with Gasteiger partial charge in [0.1, 0.15) is 17.8 Å². The second-order valence-corrected chi connectivity index (χ2v) is 5.89. The molecule has 1 aliphatic carbocycles. The van der Waals surface area contributed by atoms with Crippen LogP contribution in [0.5, 0.6) is 5.75 Å². The van der Waals surface area contributed by atoms with Gasteiger partial charge >= 0.3 is 11.9 Å². The fourth-order valence-electron chi connectivity index (χ4n) is 3.41. The second kappa shape index (κ2) is 7.09. The highest BCUT2D eigenvalue weighted by Crippen LogP contribution is 2.42. The molecule has 0 amide bonds. The number of carbonyl (C=O) groups is 3. The Bertz CT molecular complexity index is 735. The molecule has 2 aliphatic rings. The van der Waals surface area contributed by atoms with Crippen LogP contribution in [0.3, 0.4) is 0 Å². The monoisotopic (exact) mass is 344 g/mol. The summed E-state index contributed by atoms with van der Waals surface area (Å²) in [5, 5.41) is 0. The Morgan fingerprint density at radius 3 is 2.60 bits per heavy atom. The summed E-state index contributed by atoms with van der Waals surface area (Å²) in [6, 6.07) is 6.93. The largest absolute Gasteiger partial charge is 0.489 e. The van der Waals surface area contributed by atoms with Crippen molar-refractivity contribution in [3.8, 4) is 5.75 Å². The highest BCUT2D eigenvalue weighted by atomic mass is 16.5. The van der Waals surface area contributed by atoms with Gasteiger partial charge in [0.25, 0.3) is 0 Å². The first-order chi connectivity index (χ1) is 12.1. The van der Waals surface area contributed by atoms with E-state index in [1.165, 1.54) is 0 Å². The maximum absolute atomic E-state index is 13.0. The Labute approximate surface area is 145 Å². The van der Waals surface area contributed by atoms with Crippen molar-refractivity contribution in [3.63, 3.8) is 0 Å². The Balaban J connectivity index is 2.02. The van der Waals surface area contributed by atoms with Crippen LogP contribution in [0.2, 0.25) is 0 Å². The molecule has 132 valence electrons. The van der Waals surface area contributed by atoms with Crippen LogP contribution in [0, 0.1) is 11.8 Å². The number of fused-ring (bicyclic) bond motifs is 2. The molecule has 0 spiro atoms. The zero-order valence-electron chi connectivity index (χ0n) is 14.2. The van der Waals surface area contributed by atoms with Gasteiger partial charge in [-0.3, -0.25) is 9.59 Å². The predicted octanol–water partition coefficient (Wildman–Crippen LogP) is 2.32. The summed E-state index contributed by atoms with van der Waals surface area (Å²) in [6.07, 6.45) is 1.48. The van der Waals surface area contributed by atoms with E-state index in [0.717, 1.165) is 0 Å². The predicted molar refractivity (Wildman–Crippen MR) is 88.1 cm³/mol. The zero-order chi connectivity index (χ0) is 18.0. The van der Waals surface area contributed by atoms with E-state index in [4.69, 9.17) is 14.2 Å². The van der Waals surface area contributed by atoms with Gasteiger partial charge < -0.3 is 14.2 Å². The number of hydrogen-bond donors (Lipinski definition) is 0. The first-order valence-corrected chi connectivity index (χ1v) is 8.42. The van der Waals surface area contributed by atoms with Crippen molar-refractivity contribution in [2.24, 2.45) is 11.8 Å². The Morgan fingerprint density at radius 2 is 1.88 bits per heavy atom. The van der Waals surface area contributed by atoms with Crippen molar-refractivity contribution in [1.82, 2.24) is 0 Å². The van der Waals surface area contributed by atoms with E-state index >= 15 is 0 Å². The van der Waals surface area contributed by atoms with Crippen molar-refractivity contribution in [3.05, 3.63) is 41.5 Å². The lowest BCUT2D eigenvalue weighted by Crippen LogP contribution is -2.48. The molecule has 6 nitrogen and oxygen atoms in total. The average Bonchev–Trinajstić information content (AvgIpc) is 2.61. The summed E-state index contributed by atoms with van der Waals surface area (Å²) >= 11 is 0. The number of carbonyl (C=O) groups excluding carboxylic acids is 3. The molecular weight excluding hydrogens is 324 g/mol. The van der Waals surface area contributed by atoms with Gasteiger partial charge in [-0.15, -0.1) is 0 Å². The minimum Gasteiger partial charge on any atom is -0.489 e. The highest BCUT2D eigenvalue weighted by Gasteiger charge is 2.50. The summed E-state index contributed by atoms with van der Waals surface area (Å²) in [5.74, 6) is -2.71. The van der Waals surface area contributed by atoms with Crippen LogP contribution >= 0.6 is 0 Å². The molecule has 0 saturated heterocycles. The smallest absolute Gasteiger partial charge is 0.334 e. The maximum Gasteiger partial charge on any atom is 0.334 e. The van der Waals surface area contributed by atoms with Crippen LogP contribution in [0.25, 0.3) is 0 Å². The van der Waals surface area contributed by atoms with E-state index in [-0.39, 0.29) is 24.6 Å². The molecule has 1 aromatic rings. The SMILES string of the molecule is CCOC(=O)C1=CC[C@H]2Oc3ccccc3C(=O)[C@@H]2[C@@H]1C(=O)OCC. The number of esters is 2. The molecule has 3 rings (SSSR count). The lowest BCUT2D eigenvalue weighted by molar-refractivity contribution is -0.153. The van der Waals surface area contributed by atoms with Gasteiger partial charge in [-0.05, 0) is 26.0 Å². The molecule has 25 heavy (non-hydrogen) atoms. The third kappa shape index (κ3) is 3.04. The molecule has 0 aromatic heterocycles. The topological polar surface area (TPSA) is 78.9 Å². The first kappa shape index (κ1) is 17.2. The molecule has 3 atom stereocenters. The molecule has 6 heteroatoms. The number of para-hydroxylation sites is 1. The first-order valence-electron chi connectivity index (χ1n) is 8.42. The molecule has 0 saturated carbocycles. The fraction of sp³-hybridized carbons (Fsp3) is 0.421. The Morgan fingerprint density at radius 1 is 1.16 bits per heavy atom. The molecule has 0 N–H and O–H groups in total. The van der Waals surface area contributed by atoms with E-state index in [9.17, 15) is 14.4 Å². The van der Waals surface area contributed by atoms with Crippen molar-refractivity contribution in [2.75, 3.05) is 13.2 Å². The van der Waals surface area contributed by atoms with Gasteiger partial charge in [0.15, 0.2) is 5.78 Å². The lowest BCUT2D eigenvalue weighted by atomic mass is 9.71. The van der Waals surface area contributed by atoms with E-state index in [1.54, 1.807) is 44.2 Å². The molecule has 1 aromatic carbocycles. The summed E-state index contributed by atoms with van der Waals surface area (Å²) in [4.78, 5) is 37.9. The summed E-state index contributed by atoms with van der Waals surface area (Å²) in [7, 11) is 0. The summed E-state index contributed by atoms with van der Waals surface area (Å²) in [5.41, 5.74) is 0.598. The molecule has 0 fully saturated rings. The maximum atomic E-state index is 13.0. The van der Waals surface area contributed by atoms with Crippen LogP contribution in [0.15, 0.2) is 35.9 Å². The van der Waals surface area contributed by atoms with Crippen molar-refractivity contribution >= 4 is 17.7 Å². The zero-order valence-corrected chi connectivity index (χ0v) is 14.2. The Hall–Kier alpha value is -2.63. The highest BCUT2D eigenvalue weighted by molar-refractivity contribution is 6.06. The van der Waals surface area contributed by atoms with E-state index in [0.29, 0.717) is 17.7 Å². The van der Waals surface area contributed by atoms with Crippen LogP contribution < -0.4 is 4.74 Å². The van der Waals surface area contributed by atoms with Crippen molar-refractivity contribution in [1.29, 1.82) is 0 Å². The number of benzene rings is 1. The van der Waals surface area contributed by atoms with Crippen LogP contribution in [-0.4, -0.2) is 37.0 Å². The quantitative estimate of drug-likeness (QED) is 0.780. The van der Waals surface area contributed by atoms with E-state index in [1.807, 2.05) is 0 Å². The number of ether oxygens (including phenoxy) is 3. The van der Waals surface area contributed by atoms with E-state index in [2.05, 4.69) is 0 Å². The number of Topliss-reactive ketones (excluding diaryl/α,β-unsaturated/α-hetero) is 1. The normalized spacial score (nSPS) is 24.3.